The van der Waals surface area contributed by atoms with Crippen LogP contribution in [0.15, 0.2) is 41.1 Å². The van der Waals surface area contributed by atoms with Crippen molar-refractivity contribution < 1.29 is 4.74 Å². The molecule has 0 saturated heterocycles. The fourth-order valence-electron chi connectivity index (χ4n) is 2.03. The van der Waals surface area contributed by atoms with Gasteiger partial charge in [-0.15, -0.1) is 0 Å². The number of aromatic nitrogens is 3. The number of methoxy groups -OCH3 is 1. The van der Waals surface area contributed by atoms with Crippen molar-refractivity contribution in [1.29, 1.82) is 0 Å². The molecule has 0 fully saturated rings. The average molecular weight is 285 g/mol. The molecule has 0 N–H and O–H groups in total. The van der Waals surface area contributed by atoms with Crippen LogP contribution in [0.5, 0.6) is 5.75 Å². The van der Waals surface area contributed by atoms with Crippen LogP contribution in [0, 0.1) is 0 Å². The van der Waals surface area contributed by atoms with Crippen molar-refractivity contribution in [3.8, 4) is 28.3 Å². The van der Waals surface area contributed by atoms with Gasteiger partial charge in [0.2, 0.25) is 0 Å². The standard InChI is InChI=1S/C15H15N3OS/c1-3-18-16-14(11-4-6-13(19-2)7-5-11)15(17-18)12-8-9-20-10-12/h4-10H,3H2,1-2H3. The van der Waals surface area contributed by atoms with Crippen LogP contribution in [0.1, 0.15) is 6.92 Å². The minimum Gasteiger partial charge on any atom is -0.497 e. The van der Waals surface area contributed by atoms with E-state index in [0.717, 1.165) is 34.8 Å². The zero-order valence-electron chi connectivity index (χ0n) is 11.4. The predicted molar refractivity (Wildman–Crippen MR) is 81.0 cm³/mol. The first kappa shape index (κ1) is 12.9. The van der Waals surface area contributed by atoms with E-state index >= 15 is 0 Å². The number of nitrogens with zero attached hydrogens (tertiary/aromatic N) is 3. The Bertz CT molecular complexity index is 686. The Morgan fingerprint density at radius 1 is 1.05 bits per heavy atom. The lowest BCUT2D eigenvalue weighted by Gasteiger charge is -2.02. The SMILES string of the molecule is CCn1nc(-c2ccc(OC)cc2)c(-c2ccsc2)n1. The Hall–Kier alpha value is -2.14. The molecule has 4 nitrogen and oxygen atoms in total. The number of hydrogen-bond donors (Lipinski definition) is 0. The van der Waals surface area contributed by atoms with Gasteiger partial charge in [0.1, 0.15) is 17.1 Å². The van der Waals surface area contributed by atoms with Gasteiger partial charge >= 0.3 is 0 Å². The number of aryl methyl sites for hydroxylation is 1. The monoisotopic (exact) mass is 285 g/mol. The molecule has 0 aliphatic rings. The van der Waals surface area contributed by atoms with Gasteiger partial charge in [-0.3, -0.25) is 0 Å². The summed E-state index contributed by atoms with van der Waals surface area (Å²) in [6.07, 6.45) is 0. The topological polar surface area (TPSA) is 39.9 Å². The maximum Gasteiger partial charge on any atom is 0.121 e. The maximum absolute atomic E-state index is 5.19. The van der Waals surface area contributed by atoms with Crippen LogP contribution in [0.2, 0.25) is 0 Å². The average Bonchev–Trinajstić information content (AvgIpc) is 3.16. The minimum absolute atomic E-state index is 0.757. The summed E-state index contributed by atoms with van der Waals surface area (Å²) < 4.78 is 5.19. The van der Waals surface area contributed by atoms with Gasteiger partial charge in [0.05, 0.1) is 13.7 Å². The van der Waals surface area contributed by atoms with E-state index < -0.39 is 0 Å². The summed E-state index contributed by atoms with van der Waals surface area (Å²) in [7, 11) is 1.67. The minimum atomic E-state index is 0.757. The van der Waals surface area contributed by atoms with Gasteiger partial charge in [-0.25, -0.2) is 0 Å². The van der Waals surface area contributed by atoms with Crippen molar-refractivity contribution in [3.63, 3.8) is 0 Å². The lowest BCUT2D eigenvalue weighted by Crippen LogP contribution is -1.98. The van der Waals surface area contributed by atoms with Crippen molar-refractivity contribution in [2.24, 2.45) is 0 Å². The summed E-state index contributed by atoms with van der Waals surface area (Å²) in [4.78, 5) is 1.73. The van der Waals surface area contributed by atoms with Gasteiger partial charge in [-0.05, 0) is 42.6 Å². The Labute approximate surface area is 121 Å². The summed E-state index contributed by atoms with van der Waals surface area (Å²) in [5, 5.41) is 13.3. The maximum atomic E-state index is 5.19. The van der Waals surface area contributed by atoms with E-state index in [0.29, 0.717) is 0 Å². The molecule has 3 rings (SSSR count). The molecule has 0 bridgehead atoms. The first-order valence-electron chi connectivity index (χ1n) is 6.44. The normalized spacial score (nSPS) is 10.7. The number of ether oxygens (including phenoxy) is 1. The van der Waals surface area contributed by atoms with Crippen LogP contribution in [-0.2, 0) is 6.54 Å². The zero-order chi connectivity index (χ0) is 13.9. The molecule has 0 aliphatic carbocycles. The molecule has 2 heterocycles. The molecule has 0 spiro atoms. The second-order valence-corrected chi connectivity index (χ2v) is 5.11. The van der Waals surface area contributed by atoms with E-state index in [9.17, 15) is 0 Å². The van der Waals surface area contributed by atoms with E-state index in [-0.39, 0.29) is 0 Å². The largest absolute Gasteiger partial charge is 0.497 e. The first-order chi connectivity index (χ1) is 9.81. The van der Waals surface area contributed by atoms with Crippen molar-refractivity contribution >= 4 is 11.3 Å². The lowest BCUT2D eigenvalue weighted by molar-refractivity contribution is 0.415. The van der Waals surface area contributed by atoms with Crippen molar-refractivity contribution in [2.45, 2.75) is 13.5 Å². The summed E-state index contributed by atoms with van der Waals surface area (Å²) in [6, 6.07) is 9.98. The Balaban J connectivity index is 2.09. The van der Waals surface area contributed by atoms with E-state index in [1.807, 2.05) is 31.2 Å². The van der Waals surface area contributed by atoms with Crippen LogP contribution in [0.25, 0.3) is 22.5 Å². The highest BCUT2D eigenvalue weighted by Crippen LogP contribution is 2.31. The Morgan fingerprint density at radius 2 is 1.75 bits per heavy atom. The summed E-state index contributed by atoms with van der Waals surface area (Å²) >= 11 is 1.66. The molecule has 2 aromatic heterocycles. The van der Waals surface area contributed by atoms with E-state index in [2.05, 4.69) is 27.0 Å². The third-order valence-electron chi connectivity index (χ3n) is 3.10. The van der Waals surface area contributed by atoms with Gasteiger partial charge in [-0.2, -0.15) is 26.3 Å². The van der Waals surface area contributed by atoms with Crippen LogP contribution in [0.3, 0.4) is 0 Å². The van der Waals surface area contributed by atoms with Gasteiger partial charge in [0.25, 0.3) is 0 Å². The smallest absolute Gasteiger partial charge is 0.121 e. The fourth-order valence-corrected chi connectivity index (χ4v) is 2.67. The Morgan fingerprint density at radius 3 is 2.30 bits per heavy atom. The summed E-state index contributed by atoms with van der Waals surface area (Å²) in [5.41, 5.74) is 4.00. The van der Waals surface area contributed by atoms with Gasteiger partial charge < -0.3 is 4.74 Å². The van der Waals surface area contributed by atoms with Crippen LogP contribution in [-0.4, -0.2) is 22.1 Å². The second kappa shape index (κ2) is 5.46. The molecular weight excluding hydrogens is 270 g/mol. The highest BCUT2D eigenvalue weighted by atomic mass is 32.1. The van der Waals surface area contributed by atoms with Crippen LogP contribution < -0.4 is 4.74 Å². The Kier molecular flexibility index (Phi) is 3.52. The molecule has 20 heavy (non-hydrogen) atoms. The van der Waals surface area contributed by atoms with Crippen molar-refractivity contribution in [3.05, 3.63) is 41.1 Å². The van der Waals surface area contributed by atoms with E-state index in [4.69, 9.17) is 4.74 Å². The molecule has 102 valence electrons. The summed E-state index contributed by atoms with van der Waals surface area (Å²) in [5.74, 6) is 0.841. The molecule has 0 radical (unpaired) electrons. The third kappa shape index (κ3) is 2.32. The molecule has 0 unspecified atom stereocenters. The predicted octanol–water partition coefficient (Wildman–Crippen LogP) is 3.70. The first-order valence-corrected chi connectivity index (χ1v) is 7.38. The van der Waals surface area contributed by atoms with Crippen LogP contribution in [0.4, 0.5) is 0 Å². The van der Waals surface area contributed by atoms with Crippen molar-refractivity contribution in [1.82, 2.24) is 15.0 Å². The molecule has 5 heteroatoms. The second-order valence-electron chi connectivity index (χ2n) is 4.33. The molecule has 0 saturated carbocycles. The van der Waals surface area contributed by atoms with Gasteiger partial charge in [0.15, 0.2) is 0 Å². The fraction of sp³-hybridized carbons (Fsp3) is 0.200. The highest BCUT2D eigenvalue weighted by molar-refractivity contribution is 7.08. The highest BCUT2D eigenvalue weighted by Gasteiger charge is 2.15. The van der Waals surface area contributed by atoms with Gasteiger partial charge in [-0.1, -0.05) is 0 Å². The number of hydrogen-bond acceptors (Lipinski definition) is 4. The molecule has 0 amide bonds. The molecule has 1 aromatic carbocycles. The zero-order valence-corrected chi connectivity index (χ0v) is 12.2. The number of rotatable bonds is 4. The molecule has 3 aromatic rings. The summed E-state index contributed by atoms with van der Waals surface area (Å²) in [6.45, 7) is 2.79. The number of thiophene rings is 1. The lowest BCUT2D eigenvalue weighted by atomic mass is 10.1. The number of benzene rings is 1. The van der Waals surface area contributed by atoms with Crippen LogP contribution >= 0.6 is 11.3 Å². The molecule has 0 aliphatic heterocycles. The van der Waals surface area contributed by atoms with E-state index in [1.165, 1.54) is 0 Å². The molecule has 0 atom stereocenters. The van der Waals surface area contributed by atoms with Crippen molar-refractivity contribution in [2.75, 3.05) is 7.11 Å². The third-order valence-corrected chi connectivity index (χ3v) is 3.78. The molecular formula is C15H15N3OS. The van der Waals surface area contributed by atoms with E-state index in [1.54, 1.807) is 23.2 Å². The van der Waals surface area contributed by atoms with Gasteiger partial charge in [0, 0.05) is 16.5 Å². The quantitative estimate of drug-likeness (QED) is 0.733.